The first-order valence-corrected chi connectivity index (χ1v) is 5.84. The van der Waals surface area contributed by atoms with Crippen molar-refractivity contribution in [1.82, 2.24) is 4.90 Å². The average molecular weight is 250 g/mol. The second-order valence-electron chi connectivity index (χ2n) is 4.04. The van der Waals surface area contributed by atoms with Crippen LogP contribution in [0.15, 0.2) is 30.3 Å². The van der Waals surface area contributed by atoms with Crippen molar-refractivity contribution in [3.63, 3.8) is 0 Å². The lowest BCUT2D eigenvalue weighted by molar-refractivity contribution is -0.144. The molecule has 0 saturated heterocycles. The van der Waals surface area contributed by atoms with E-state index in [9.17, 15) is 9.59 Å². The van der Waals surface area contributed by atoms with Crippen molar-refractivity contribution in [2.24, 2.45) is 5.73 Å². The Balaban J connectivity index is 2.62. The first kappa shape index (κ1) is 14.2. The topological polar surface area (TPSA) is 83.6 Å². The summed E-state index contributed by atoms with van der Waals surface area (Å²) < 4.78 is 0. The van der Waals surface area contributed by atoms with Crippen LogP contribution in [0.5, 0.6) is 0 Å². The summed E-state index contributed by atoms with van der Waals surface area (Å²) in [5.41, 5.74) is 6.78. The fourth-order valence-corrected chi connectivity index (χ4v) is 1.70. The Morgan fingerprint density at radius 2 is 1.94 bits per heavy atom. The van der Waals surface area contributed by atoms with Crippen molar-refractivity contribution in [3.05, 3.63) is 35.9 Å². The van der Waals surface area contributed by atoms with Gasteiger partial charge in [0.05, 0.1) is 6.04 Å². The van der Waals surface area contributed by atoms with E-state index in [1.54, 1.807) is 6.92 Å². The number of nitrogens with two attached hydrogens (primary N) is 1. The molecule has 3 N–H and O–H groups in total. The molecule has 0 unspecified atom stereocenters. The van der Waals surface area contributed by atoms with Crippen LogP contribution in [0.25, 0.3) is 0 Å². The van der Waals surface area contributed by atoms with Gasteiger partial charge < -0.3 is 15.7 Å². The maximum atomic E-state index is 12.0. The SMILES string of the molecule is CCN(CC(=O)O)C(=O)[C@H](N)Cc1ccccc1. The number of carbonyl (C=O) groups is 2. The molecule has 1 atom stereocenters. The lowest BCUT2D eigenvalue weighted by Crippen LogP contribution is -2.46. The van der Waals surface area contributed by atoms with Gasteiger partial charge in [0.15, 0.2) is 0 Å². The summed E-state index contributed by atoms with van der Waals surface area (Å²) in [7, 11) is 0. The van der Waals surface area contributed by atoms with E-state index in [0.717, 1.165) is 5.56 Å². The molecule has 0 aromatic heterocycles. The third-order valence-electron chi connectivity index (χ3n) is 2.64. The average Bonchev–Trinajstić information content (AvgIpc) is 2.36. The molecule has 0 bridgehead atoms. The lowest BCUT2D eigenvalue weighted by atomic mass is 10.1. The summed E-state index contributed by atoms with van der Waals surface area (Å²) >= 11 is 0. The molecule has 5 heteroatoms. The second-order valence-corrected chi connectivity index (χ2v) is 4.04. The minimum absolute atomic E-state index is 0.308. The fourth-order valence-electron chi connectivity index (χ4n) is 1.70. The van der Waals surface area contributed by atoms with Crippen LogP contribution in [-0.4, -0.2) is 41.0 Å². The van der Waals surface area contributed by atoms with Crippen molar-refractivity contribution in [2.45, 2.75) is 19.4 Å². The Hall–Kier alpha value is -1.88. The Morgan fingerprint density at radius 3 is 2.44 bits per heavy atom. The minimum atomic E-state index is -1.03. The van der Waals surface area contributed by atoms with Crippen molar-refractivity contribution in [1.29, 1.82) is 0 Å². The number of aliphatic carboxylic acids is 1. The molecule has 5 nitrogen and oxygen atoms in total. The summed E-state index contributed by atoms with van der Waals surface area (Å²) in [6.45, 7) is 1.77. The van der Waals surface area contributed by atoms with Gasteiger partial charge >= 0.3 is 5.97 Å². The van der Waals surface area contributed by atoms with Gasteiger partial charge in [-0.3, -0.25) is 9.59 Å². The summed E-state index contributed by atoms with van der Waals surface area (Å²) in [4.78, 5) is 23.8. The number of carboxylic acids is 1. The highest BCUT2D eigenvalue weighted by Crippen LogP contribution is 2.04. The zero-order chi connectivity index (χ0) is 13.5. The van der Waals surface area contributed by atoms with Gasteiger partial charge in [0.2, 0.25) is 5.91 Å². The molecule has 18 heavy (non-hydrogen) atoms. The number of amides is 1. The molecule has 0 radical (unpaired) electrons. The van der Waals surface area contributed by atoms with Gasteiger partial charge in [-0.2, -0.15) is 0 Å². The Bertz CT molecular complexity index is 406. The Morgan fingerprint density at radius 1 is 1.33 bits per heavy atom. The number of carboxylic acid groups (broad SMARTS) is 1. The molecule has 0 spiro atoms. The lowest BCUT2D eigenvalue weighted by Gasteiger charge is -2.22. The summed E-state index contributed by atoms with van der Waals surface area (Å²) in [5, 5.41) is 8.70. The van der Waals surface area contributed by atoms with E-state index >= 15 is 0 Å². The summed E-state index contributed by atoms with van der Waals surface area (Å²) in [6, 6.07) is 8.72. The third kappa shape index (κ3) is 4.18. The number of likely N-dealkylation sites (N-methyl/N-ethyl adjacent to an activating group) is 1. The molecular formula is C13H18N2O3. The maximum absolute atomic E-state index is 12.0. The molecule has 0 aliphatic rings. The first-order valence-electron chi connectivity index (χ1n) is 5.84. The van der Waals surface area contributed by atoms with E-state index in [1.165, 1.54) is 4.90 Å². The largest absolute Gasteiger partial charge is 0.480 e. The van der Waals surface area contributed by atoms with Gasteiger partial charge in [0.25, 0.3) is 0 Å². The zero-order valence-corrected chi connectivity index (χ0v) is 10.4. The summed E-state index contributed by atoms with van der Waals surface area (Å²) in [5.74, 6) is -1.36. The highest BCUT2D eigenvalue weighted by atomic mass is 16.4. The molecular weight excluding hydrogens is 232 g/mol. The monoisotopic (exact) mass is 250 g/mol. The number of benzene rings is 1. The molecule has 1 aromatic carbocycles. The van der Waals surface area contributed by atoms with Gasteiger partial charge in [-0.1, -0.05) is 30.3 Å². The van der Waals surface area contributed by atoms with Crippen LogP contribution in [0, 0.1) is 0 Å². The van der Waals surface area contributed by atoms with E-state index in [2.05, 4.69) is 0 Å². The number of nitrogens with zero attached hydrogens (tertiary/aromatic N) is 1. The van der Waals surface area contributed by atoms with E-state index in [1.807, 2.05) is 30.3 Å². The van der Waals surface area contributed by atoms with Crippen molar-refractivity contribution in [3.8, 4) is 0 Å². The molecule has 1 amide bonds. The van der Waals surface area contributed by atoms with Crippen LogP contribution in [-0.2, 0) is 16.0 Å². The number of hydrogen-bond donors (Lipinski definition) is 2. The molecule has 0 fully saturated rings. The quantitative estimate of drug-likeness (QED) is 0.769. The van der Waals surface area contributed by atoms with Crippen LogP contribution in [0.4, 0.5) is 0 Å². The molecule has 1 aromatic rings. The van der Waals surface area contributed by atoms with Gasteiger partial charge in [0, 0.05) is 6.54 Å². The molecule has 1 rings (SSSR count). The highest BCUT2D eigenvalue weighted by Gasteiger charge is 2.21. The van der Waals surface area contributed by atoms with Crippen LogP contribution in [0.1, 0.15) is 12.5 Å². The van der Waals surface area contributed by atoms with E-state index in [0.29, 0.717) is 13.0 Å². The molecule has 0 aliphatic heterocycles. The van der Waals surface area contributed by atoms with Gasteiger partial charge in [-0.15, -0.1) is 0 Å². The van der Waals surface area contributed by atoms with Crippen molar-refractivity contribution >= 4 is 11.9 Å². The van der Waals surface area contributed by atoms with Gasteiger partial charge in [-0.05, 0) is 18.9 Å². The zero-order valence-electron chi connectivity index (χ0n) is 10.4. The second kappa shape index (κ2) is 6.76. The number of hydrogen-bond acceptors (Lipinski definition) is 3. The standard InChI is InChI=1S/C13H18N2O3/c1-2-15(9-12(16)17)13(18)11(14)8-10-6-4-3-5-7-10/h3-7,11H,2,8-9,14H2,1H3,(H,16,17)/t11-/m1/s1. The molecule has 0 aliphatic carbocycles. The van der Waals surface area contributed by atoms with Crippen molar-refractivity contribution < 1.29 is 14.7 Å². The highest BCUT2D eigenvalue weighted by molar-refractivity contribution is 5.85. The Kier molecular flexibility index (Phi) is 5.32. The fraction of sp³-hybridized carbons (Fsp3) is 0.385. The van der Waals surface area contributed by atoms with E-state index in [4.69, 9.17) is 10.8 Å². The number of carbonyl (C=O) groups excluding carboxylic acids is 1. The Labute approximate surface area is 106 Å². The normalized spacial score (nSPS) is 11.9. The van der Waals surface area contributed by atoms with E-state index in [-0.39, 0.29) is 12.5 Å². The van der Waals surface area contributed by atoms with E-state index < -0.39 is 12.0 Å². The van der Waals surface area contributed by atoms with Gasteiger partial charge in [0.1, 0.15) is 6.54 Å². The van der Waals surface area contributed by atoms with Crippen molar-refractivity contribution in [2.75, 3.05) is 13.1 Å². The predicted molar refractivity (Wildman–Crippen MR) is 68.0 cm³/mol. The van der Waals surface area contributed by atoms with Crippen LogP contribution in [0.3, 0.4) is 0 Å². The third-order valence-corrected chi connectivity index (χ3v) is 2.64. The van der Waals surface area contributed by atoms with Crippen LogP contribution in [0.2, 0.25) is 0 Å². The molecule has 98 valence electrons. The first-order chi connectivity index (χ1) is 8.54. The van der Waals surface area contributed by atoms with Gasteiger partial charge in [-0.25, -0.2) is 0 Å². The minimum Gasteiger partial charge on any atom is -0.480 e. The smallest absolute Gasteiger partial charge is 0.323 e. The maximum Gasteiger partial charge on any atom is 0.323 e. The number of rotatable bonds is 6. The van der Waals surface area contributed by atoms with Crippen LogP contribution >= 0.6 is 0 Å². The predicted octanol–water partition coefficient (Wildman–Crippen LogP) is 0.490. The van der Waals surface area contributed by atoms with Crippen LogP contribution < -0.4 is 5.73 Å². The molecule has 0 saturated carbocycles. The molecule has 0 heterocycles. The summed E-state index contributed by atoms with van der Waals surface area (Å²) in [6.07, 6.45) is 0.412.